The molecule has 0 aromatic rings. The first kappa shape index (κ1) is 34.7. The maximum absolute atomic E-state index is 13.2. The smallest absolute Gasteiger partial charge is 0.312 e. The Morgan fingerprint density at radius 3 is 2.09 bits per heavy atom. The molecule has 2 amide bonds. The number of amides is 2. The molecule has 46 heavy (non-hydrogen) atoms. The van der Waals surface area contributed by atoms with E-state index >= 15 is 0 Å². The Balaban J connectivity index is 0.000000527. The fourth-order valence-electron chi connectivity index (χ4n) is 10.4. The number of nitrogens with zero attached hydrogens (tertiary/aromatic N) is 3. The van der Waals surface area contributed by atoms with Crippen LogP contribution in [-0.4, -0.2) is 84.2 Å². The number of aliphatic hydroxyl groups excluding tert-OH is 1. The lowest BCUT2D eigenvalue weighted by Crippen LogP contribution is -2.65. The minimum Gasteiger partial charge on any atom is -0.504 e. The van der Waals surface area contributed by atoms with Gasteiger partial charge < -0.3 is 19.8 Å². The molecule has 1 aliphatic heterocycles. The second-order valence-corrected chi connectivity index (χ2v) is 17.0. The summed E-state index contributed by atoms with van der Waals surface area (Å²) < 4.78 is 0. The van der Waals surface area contributed by atoms with Crippen molar-refractivity contribution in [1.82, 2.24) is 14.7 Å². The number of aliphatic hydroxyl groups is 1. The van der Waals surface area contributed by atoms with Crippen molar-refractivity contribution in [1.29, 1.82) is 0 Å². The van der Waals surface area contributed by atoms with Crippen LogP contribution in [0.2, 0.25) is 0 Å². The van der Waals surface area contributed by atoms with Crippen LogP contribution in [0.4, 0.5) is 0 Å². The summed E-state index contributed by atoms with van der Waals surface area (Å²) in [5, 5.41) is 10.4. The first-order valence-corrected chi connectivity index (χ1v) is 17.6. The number of rotatable bonds is 1. The number of fused-ring (bicyclic) bond motifs is 7. The zero-order valence-electron chi connectivity index (χ0n) is 30.3. The van der Waals surface area contributed by atoms with E-state index in [-0.39, 0.29) is 38.7 Å². The Labute approximate surface area is 277 Å². The first-order valence-electron chi connectivity index (χ1n) is 17.6. The van der Waals surface area contributed by atoms with E-state index in [0.717, 1.165) is 56.1 Å². The highest BCUT2D eigenvalue weighted by molar-refractivity contribution is 6.34. The van der Waals surface area contributed by atoms with Crippen LogP contribution in [0.3, 0.4) is 0 Å². The quantitative estimate of drug-likeness (QED) is 0.314. The molecule has 6 atom stereocenters. The minimum absolute atomic E-state index is 0.0000692. The Morgan fingerprint density at radius 1 is 0.870 bits per heavy atom. The van der Waals surface area contributed by atoms with Crippen LogP contribution >= 0.6 is 0 Å². The number of ketones is 1. The average Bonchev–Trinajstić information content (AvgIpc) is 3.02. The monoisotopic (exact) mass is 633 g/mol. The minimum atomic E-state index is -0.471. The molecule has 1 N–H and O–H groups in total. The number of likely N-dealkylation sites (N-methyl/N-ethyl adjacent to an activating group) is 2. The van der Waals surface area contributed by atoms with Gasteiger partial charge in [0, 0.05) is 37.7 Å². The van der Waals surface area contributed by atoms with Gasteiger partial charge in [-0.1, -0.05) is 51.8 Å². The predicted octanol–water partition coefficient (Wildman–Crippen LogP) is 7.01. The summed E-state index contributed by atoms with van der Waals surface area (Å²) in [7, 11) is 7.26. The van der Waals surface area contributed by atoms with Crippen molar-refractivity contribution in [3.05, 3.63) is 46.3 Å². The molecule has 1 heterocycles. The summed E-state index contributed by atoms with van der Waals surface area (Å²) in [6.07, 6.45) is 17.4. The van der Waals surface area contributed by atoms with E-state index in [1.807, 2.05) is 14.0 Å². The zero-order valence-corrected chi connectivity index (χ0v) is 30.3. The van der Waals surface area contributed by atoms with Crippen molar-refractivity contribution in [2.45, 2.75) is 111 Å². The van der Waals surface area contributed by atoms with Gasteiger partial charge in [0.25, 0.3) is 0 Å². The number of hydrogen-bond acceptors (Lipinski definition) is 5. The van der Waals surface area contributed by atoms with Gasteiger partial charge in [0.15, 0.2) is 5.76 Å². The van der Waals surface area contributed by atoms with Gasteiger partial charge in [-0.25, -0.2) is 0 Å². The molecule has 254 valence electrons. The van der Waals surface area contributed by atoms with E-state index in [9.17, 15) is 19.5 Å². The van der Waals surface area contributed by atoms with Gasteiger partial charge in [-0.15, -0.1) is 0 Å². The number of carbonyl (C=O) groups is 3. The Kier molecular flexibility index (Phi) is 8.88. The highest BCUT2D eigenvalue weighted by atomic mass is 16.3. The van der Waals surface area contributed by atoms with Crippen LogP contribution < -0.4 is 0 Å². The number of carbonyl (C=O) groups excluding carboxylic acids is 3. The molecule has 4 unspecified atom stereocenters. The fraction of sp³-hybridized carbons (Fsp3) is 0.718. The Hall–Kier alpha value is -2.67. The summed E-state index contributed by atoms with van der Waals surface area (Å²) >= 11 is 0. The molecular formula is C39H59N3O4. The standard InChI is InChI=1S/C33H46N2O4.C6H13N/c1-20-21-10-11-24-31(4,22(21)18-23(36)26(20)37)15-17-33(6)25-19-30(3,35(9)28(39)27(38)34(7)8)14-12-29(25,2)13-16-32(24,33)5;1-7-5-3-2-4-6-7/h10-11,18,25,37H,12-17,19H2,1-9H3;2-6H2,1H3/t25?,29?,30?,31-,32?,33-;/m0./s1. The topological polar surface area (TPSA) is 81.2 Å². The van der Waals surface area contributed by atoms with Crippen molar-refractivity contribution in [2.24, 2.45) is 27.6 Å². The third-order valence-corrected chi connectivity index (χ3v) is 14.1. The van der Waals surface area contributed by atoms with Crippen LogP contribution in [0.5, 0.6) is 0 Å². The maximum atomic E-state index is 13.2. The highest BCUT2D eigenvalue weighted by Crippen LogP contribution is 2.75. The Morgan fingerprint density at radius 2 is 1.50 bits per heavy atom. The molecule has 0 bridgehead atoms. The summed E-state index contributed by atoms with van der Waals surface area (Å²) in [5.41, 5.74) is 3.58. The SMILES string of the molecule is CC1=C(O)C(=O)C=C2C1=CC=C1C3(C)CCC4(C)CCC(C)(N(C)C(=O)C(=O)N(C)C)CC4[C@]3(C)CC[C@@]21C.CN1CCCCC1. The van der Waals surface area contributed by atoms with Crippen molar-refractivity contribution in [2.75, 3.05) is 41.3 Å². The Bertz CT molecular complexity index is 1430. The van der Waals surface area contributed by atoms with E-state index in [4.69, 9.17) is 0 Å². The predicted molar refractivity (Wildman–Crippen MR) is 184 cm³/mol. The van der Waals surface area contributed by atoms with Gasteiger partial charge in [-0.05, 0) is 131 Å². The second kappa shape index (κ2) is 11.8. The van der Waals surface area contributed by atoms with E-state index in [0.29, 0.717) is 11.5 Å². The summed E-state index contributed by atoms with van der Waals surface area (Å²) in [6, 6.07) is 0. The molecule has 7 heteroatoms. The van der Waals surface area contributed by atoms with Gasteiger partial charge in [0.05, 0.1) is 0 Å². The number of piperidine rings is 1. The molecule has 6 aliphatic rings. The first-order chi connectivity index (χ1) is 21.3. The molecule has 0 spiro atoms. The molecule has 7 nitrogen and oxygen atoms in total. The molecule has 0 aromatic carbocycles. The highest BCUT2D eigenvalue weighted by Gasteiger charge is 2.67. The van der Waals surface area contributed by atoms with E-state index in [1.54, 1.807) is 25.1 Å². The lowest BCUT2D eigenvalue weighted by molar-refractivity contribution is -0.173. The van der Waals surface area contributed by atoms with Crippen LogP contribution in [0.25, 0.3) is 0 Å². The van der Waals surface area contributed by atoms with Crippen LogP contribution in [0, 0.1) is 27.6 Å². The van der Waals surface area contributed by atoms with Crippen LogP contribution in [0.1, 0.15) is 106 Å². The van der Waals surface area contributed by atoms with E-state index in [1.165, 1.54) is 42.8 Å². The third kappa shape index (κ3) is 5.23. The third-order valence-electron chi connectivity index (χ3n) is 14.1. The normalized spacial score (nSPS) is 38.8. The molecule has 3 saturated carbocycles. The average molecular weight is 634 g/mol. The van der Waals surface area contributed by atoms with Gasteiger partial charge >= 0.3 is 11.8 Å². The molecule has 5 aliphatic carbocycles. The summed E-state index contributed by atoms with van der Waals surface area (Å²) in [4.78, 5) is 44.0. The number of likely N-dealkylation sites (tertiary alicyclic amines) is 1. The second-order valence-electron chi connectivity index (χ2n) is 17.0. The van der Waals surface area contributed by atoms with Crippen molar-refractivity contribution < 1.29 is 19.5 Å². The fourth-order valence-corrected chi connectivity index (χ4v) is 10.4. The van der Waals surface area contributed by atoms with Gasteiger partial charge in [-0.2, -0.15) is 0 Å². The van der Waals surface area contributed by atoms with Crippen molar-refractivity contribution in [3.63, 3.8) is 0 Å². The molecule has 6 rings (SSSR count). The summed E-state index contributed by atoms with van der Waals surface area (Å²) in [5.74, 6) is -0.950. The van der Waals surface area contributed by atoms with Gasteiger partial charge in [-0.3, -0.25) is 14.4 Å². The van der Waals surface area contributed by atoms with Crippen LogP contribution in [-0.2, 0) is 14.4 Å². The molecular weight excluding hydrogens is 574 g/mol. The number of hydrogen-bond donors (Lipinski definition) is 1. The van der Waals surface area contributed by atoms with Crippen LogP contribution in [0.15, 0.2) is 46.3 Å². The lowest BCUT2D eigenvalue weighted by atomic mass is 9.35. The molecule has 4 fully saturated rings. The zero-order chi connectivity index (χ0) is 34.0. The van der Waals surface area contributed by atoms with Gasteiger partial charge in [0.2, 0.25) is 5.78 Å². The summed E-state index contributed by atoms with van der Waals surface area (Å²) in [6.45, 7) is 16.3. The van der Waals surface area contributed by atoms with E-state index < -0.39 is 11.8 Å². The van der Waals surface area contributed by atoms with Crippen molar-refractivity contribution in [3.8, 4) is 0 Å². The van der Waals surface area contributed by atoms with E-state index in [2.05, 4.69) is 58.7 Å². The molecule has 0 aromatic heterocycles. The van der Waals surface area contributed by atoms with Crippen molar-refractivity contribution >= 4 is 17.6 Å². The maximum Gasteiger partial charge on any atom is 0.312 e. The lowest BCUT2D eigenvalue weighted by Gasteiger charge is -2.70. The van der Waals surface area contributed by atoms with Gasteiger partial charge in [0.1, 0.15) is 0 Å². The molecule has 1 saturated heterocycles. The number of allylic oxidation sites excluding steroid dienone is 7. The largest absolute Gasteiger partial charge is 0.504 e. The molecule has 0 radical (unpaired) electrons.